The summed E-state index contributed by atoms with van der Waals surface area (Å²) in [7, 11) is 3.04. The molecular weight excluding hydrogens is 236 g/mol. The first-order valence-electron chi connectivity index (χ1n) is 5.29. The van der Waals surface area contributed by atoms with E-state index in [0.29, 0.717) is 16.6 Å². The molecule has 0 N–H and O–H groups in total. The van der Waals surface area contributed by atoms with Crippen molar-refractivity contribution in [3.63, 3.8) is 0 Å². The number of hydrogen-bond donors (Lipinski definition) is 0. The van der Waals surface area contributed by atoms with Gasteiger partial charge < -0.3 is 9.30 Å². The molecule has 0 atom stereocenters. The van der Waals surface area contributed by atoms with Crippen LogP contribution >= 0.6 is 0 Å². The average molecular weight is 248 g/mol. The van der Waals surface area contributed by atoms with E-state index in [-0.39, 0.29) is 5.69 Å². The Morgan fingerprint density at radius 1 is 1.44 bits per heavy atom. The van der Waals surface area contributed by atoms with E-state index < -0.39 is 10.9 Å². The normalized spacial score (nSPS) is 10.6. The third-order valence-corrected chi connectivity index (χ3v) is 3.03. The van der Waals surface area contributed by atoms with Crippen molar-refractivity contribution < 1.29 is 14.5 Å². The number of benzene rings is 1. The first-order chi connectivity index (χ1) is 8.47. The Morgan fingerprint density at radius 2 is 2.11 bits per heavy atom. The van der Waals surface area contributed by atoms with E-state index in [1.807, 2.05) is 0 Å². The molecule has 0 saturated carbocycles. The molecule has 18 heavy (non-hydrogen) atoms. The molecule has 1 aromatic heterocycles. The van der Waals surface area contributed by atoms with Crippen LogP contribution in [0, 0.1) is 17.0 Å². The van der Waals surface area contributed by atoms with Crippen molar-refractivity contribution in [3.8, 4) is 0 Å². The molecule has 0 aliphatic carbocycles. The van der Waals surface area contributed by atoms with Crippen LogP contribution in [0.2, 0.25) is 0 Å². The quantitative estimate of drug-likeness (QED) is 0.463. The molecule has 6 nitrogen and oxygen atoms in total. The minimum absolute atomic E-state index is 0.00705. The summed E-state index contributed by atoms with van der Waals surface area (Å²) in [5.41, 5.74) is 1.86. The van der Waals surface area contributed by atoms with E-state index in [2.05, 4.69) is 0 Å². The van der Waals surface area contributed by atoms with Gasteiger partial charge >= 0.3 is 5.97 Å². The lowest BCUT2D eigenvalue weighted by molar-refractivity contribution is -0.384. The lowest BCUT2D eigenvalue weighted by atomic mass is 10.1. The topological polar surface area (TPSA) is 74.4 Å². The SMILES string of the molecule is COC(=O)c1c(C)c2cc([N+](=O)[O-])ccc2n1C. The number of nitro groups is 1. The third-order valence-electron chi connectivity index (χ3n) is 3.03. The summed E-state index contributed by atoms with van der Waals surface area (Å²) >= 11 is 0. The maximum atomic E-state index is 11.7. The Hall–Kier alpha value is -2.37. The van der Waals surface area contributed by atoms with Crippen molar-refractivity contribution in [3.05, 3.63) is 39.6 Å². The largest absolute Gasteiger partial charge is 0.464 e. The number of aromatic nitrogens is 1. The fraction of sp³-hybridized carbons (Fsp3) is 0.250. The summed E-state index contributed by atoms with van der Waals surface area (Å²) in [6.45, 7) is 1.75. The predicted octanol–water partition coefficient (Wildman–Crippen LogP) is 2.18. The summed E-state index contributed by atoms with van der Waals surface area (Å²) < 4.78 is 6.39. The molecule has 2 rings (SSSR count). The highest BCUT2D eigenvalue weighted by molar-refractivity contribution is 5.99. The molecule has 94 valence electrons. The number of nitro benzene ring substituents is 1. The van der Waals surface area contributed by atoms with Gasteiger partial charge in [-0.05, 0) is 18.6 Å². The number of rotatable bonds is 2. The number of aryl methyl sites for hydroxylation is 2. The van der Waals surface area contributed by atoms with Gasteiger partial charge in [-0.1, -0.05) is 0 Å². The zero-order chi connectivity index (χ0) is 13.4. The molecule has 0 unspecified atom stereocenters. The zero-order valence-electron chi connectivity index (χ0n) is 10.3. The van der Waals surface area contributed by atoms with Gasteiger partial charge in [-0.3, -0.25) is 10.1 Å². The fourth-order valence-electron chi connectivity index (χ4n) is 2.12. The van der Waals surface area contributed by atoms with Crippen molar-refractivity contribution in [2.75, 3.05) is 7.11 Å². The second kappa shape index (κ2) is 4.14. The summed E-state index contributed by atoms with van der Waals surface area (Å²) in [6.07, 6.45) is 0. The molecule has 0 aliphatic heterocycles. The van der Waals surface area contributed by atoms with Gasteiger partial charge in [0, 0.05) is 30.1 Å². The van der Waals surface area contributed by atoms with Crippen LogP contribution in [-0.4, -0.2) is 22.6 Å². The summed E-state index contributed by atoms with van der Waals surface area (Å²) in [5.74, 6) is -0.450. The Kier molecular flexibility index (Phi) is 2.78. The van der Waals surface area contributed by atoms with E-state index in [4.69, 9.17) is 4.74 Å². The number of non-ortho nitro benzene ring substituents is 1. The Morgan fingerprint density at radius 3 is 2.67 bits per heavy atom. The van der Waals surface area contributed by atoms with E-state index in [9.17, 15) is 14.9 Å². The Bertz CT molecular complexity index is 658. The number of carbonyl (C=O) groups is 1. The lowest BCUT2D eigenvalue weighted by Crippen LogP contribution is -2.08. The van der Waals surface area contributed by atoms with E-state index >= 15 is 0 Å². The van der Waals surface area contributed by atoms with Gasteiger partial charge in [-0.15, -0.1) is 0 Å². The second-order valence-corrected chi connectivity index (χ2v) is 3.98. The minimum atomic E-state index is -0.455. The molecule has 0 bridgehead atoms. The Balaban J connectivity index is 2.78. The highest BCUT2D eigenvalue weighted by Crippen LogP contribution is 2.28. The third kappa shape index (κ3) is 1.62. The minimum Gasteiger partial charge on any atom is -0.464 e. The highest BCUT2D eigenvalue weighted by Gasteiger charge is 2.20. The van der Waals surface area contributed by atoms with Gasteiger partial charge in [-0.25, -0.2) is 4.79 Å². The van der Waals surface area contributed by atoms with Gasteiger partial charge in [0.15, 0.2) is 0 Å². The zero-order valence-corrected chi connectivity index (χ0v) is 10.3. The molecule has 0 aliphatic rings. The fourth-order valence-corrected chi connectivity index (χ4v) is 2.12. The van der Waals surface area contributed by atoms with E-state index in [1.165, 1.54) is 19.2 Å². The molecule has 0 radical (unpaired) electrons. The van der Waals surface area contributed by atoms with Crippen molar-refractivity contribution in [2.24, 2.45) is 7.05 Å². The molecule has 1 heterocycles. The van der Waals surface area contributed by atoms with Crippen LogP contribution < -0.4 is 0 Å². The van der Waals surface area contributed by atoms with Crippen molar-refractivity contribution in [2.45, 2.75) is 6.92 Å². The number of methoxy groups -OCH3 is 1. The Labute approximate surface area is 103 Å². The van der Waals surface area contributed by atoms with Crippen molar-refractivity contribution in [1.29, 1.82) is 0 Å². The predicted molar refractivity (Wildman–Crippen MR) is 65.6 cm³/mol. The molecule has 0 spiro atoms. The van der Waals surface area contributed by atoms with Gasteiger partial charge in [0.05, 0.1) is 12.0 Å². The van der Waals surface area contributed by atoms with Gasteiger partial charge in [-0.2, -0.15) is 0 Å². The van der Waals surface area contributed by atoms with Crippen LogP contribution in [0.5, 0.6) is 0 Å². The monoisotopic (exact) mass is 248 g/mol. The van der Waals surface area contributed by atoms with E-state index in [0.717, 1.165) is 5.52 Å². The summed E-state index contributed by atoms with van der Waals surface area (Å²) in [5, 5.41) is 11.4. The van der Waals surface area contributed by atoms with Crippen LogP contribution in [0.25, 0.3) is 10.9 Å². The van der Waals surface area contributed by atoms with Crippen molar-refractivity contribution in [1.82, 2.24) is 4.57 Å². The molecular formula is C12H12N2O4. The number of fused-ring (bicyclic) bond motifs is 1. The van der Waals surface area contributed by atoms with Crippen LogP contribution in [0.15, 0.2) is 18.2 Å². The molecule has 0 fully saturated rings. The lowest BCUT2D eigenvalue weighted by Gasteiger charge is -2.02. The standard InChI is InChI=1S/C12H12N2O4/c1-7-9-6-8(14(16)17)4-5-10(9)13(2)11(7)12(15)18-3/h4-6H,1-3H3. The smallest absolute Gasteiger partial charge is 0.354 e. The summed E-state index contributed by atoms with van der Waals surface area (Å²) in [6, 6.07) is 4.52. The highest BCUT2D eigenvalue weighted by atomic mass is 16.6. The number of hydrogen-bond acceptors (Lipinski definition) is 4. The maximum absolute atomic E-state index is 11.7. The molecule has 0 amide bonds. The first-order valence-corrected chi connectivity index (χ1v) is 5.29. The number of ether oxygens (including phenoxy) is 1. The van der Waals surface area contributed by atoms with Gasteiger partial charge in [0.1, 0.15) is 5.69 Å². The molecule has 0 saturated heterocycles. The van der Waals surface area contributed by atoms with Crippen LogP contribution in [0.3, 0.4) is 0 Å². The maximum Gasteiger partial charge on any atom is 0.354 e. The number of nitrogens with zero attached hydrogens (tertiary/aromatic N) is 2. The van der Waals surface area contributed by atoms with Crippen LogP contribution in [-0.2, 0) is 11.8 Å². The molecule has 6 heteroatoms. The van der Waals surface area contributed by atoms with Crippen molar-refractivity contribution >= 4 is 22.6 Å². The van der Waals surface area contributed by atoms with E-state index in [1.54, 1.807) is 24.6 Å². The number of carbonyl (C=O) groups excluding carboxylic acids is 1. The van der Waals surface area contributed by atoms with Gasteiger partial charge in [0.2, 0.25) is 0 Å². The van der Waals surface area contributed by atoms with Crippen LogP contribution in [0.1, 0.15) is 16.1 Å². The molecule has 1 aromatic carbocycles. The number of esters is 1. The second-order valence-electron chi connectivity index (χ2n) is 3.98. The van der Waals surface area contributed by atoms with Gasteiger partial charge in [0.25, 0.3) is 5.69 Å². The summed E-state index contributed by atoms with van der Waals surface area (Å²) in [4.78, 5) is 22.0. The van der Waals surface area contributed by atoms with Crippen LogP contribution in [0.4, 0.5) is 5.69 Å². The average Bonchev–Trinajstić information content (AvgIpc) is 2.61. The molecule has 2 aromatic rings. The first kappa shape index (κ1) is 12.1.